The minimum Gasteiger partial charge on any atom is -0.316 e. The molecule has 0 bridgehead atoms. The Bertz CT molecular complexity index is 475. The highest BCUT2D eigenvalue weighted by atomic mass is 79.9. The predicted molar refractivity (Wildman–Crippen MR) is 82.2 cm³/mol. The molecule has 1 unspecified atom stereocenters. The molecular weight excluding hydrogens is 321 g/mol. The van der Waals surface area contributed by atoms with Crippen LogP contribution in [0.15, 0.2) is 22.7 Å². The molecule has 1 N–H and O–H groups in total. The summed E-state index contributed by atoms with van der Waals surface area (Å²) in [7, 11) is 0. The normalized spacial score (nSPS) is 19.9. The topological polar surface area (TPSA) is 29.1 Å². The molecule has 1 atom stereocenters. The SMILES string of the molecule is CC(C)(C(=O)Cc1cc(F)cc(Br)c1)C1CCCNC1. The maximum Gasteiger partial charge on any atom is 0.143 e. The van der Waals surface area contributed by atoms with Crippen LogP contribution in [0.3, 0.4) is 0 Å². The van der Waals surface area contributed by atoms with E-state index in [1.54, 1.807) is 0 Å². The Morgan fingerprint density at radius 3 is 2.80 bits per heavy atom. The number of carbonyl (C=O) groups is 1. The van der Waals surface area contributed by atoms with Gasteiger partial charge in [-0.15, -0.1) is 0 Å². The van der Waals surface area contributed by atoms with Crippen molar-refractivity contribution in [1.29, 1.82) is 0 Å². The zero-order chi connectivity index (χ0) is 14.8. The van der Waals surface area contributed by atoms with Gasteiger partial charge in [0.25, 0.3) is 0 Å². The first-order valence-corrected chi connectivity index (χ1v) is 7.88. The second-order valence-corrected chi connectivity index (χ2v) is 7.06. The van der Waals surface area contributed by atoms with Crippen LogP contribution < -0.4 is 5.32 Å². The van der Waals surface area contributed by atoms with Gasteiger partial charge in [-0.25, -0.2) is 4.39 Å². The molecular formula is C16H21BrFNO. The van der Waals surface area contributed by atoms with E-state index in [1.807, 2.05) is 19.9 Å². The summed E-state index contributed by atoms with van der Waals surface area (Å²) in [4.78, 5) is 12.6. The van der Waals surface area contributed by atoms with E-state index in [9.17, 15) is 9.18 Å². The molecule has 1 aliphatic rings. The van der Waals surface area contributed by atoms with Crippen LogP contribution in [0, 0.1) is 17.2 Å². The van der Waals surface area contributed by atoms with Crippen LogP contribution in [0.5, 0.6) is 0 Å². The molecule has 20 heavy (non-hydrogen) atoms. The average molecular weight is 342 g/mol. The third-order valence-corrected chi connectivity index (χ3v) is 4.78. The summed E-state index contributed by atoms with van der Waals surface area (Å²) in [6.07, 6.45) is 2.49. The highest BCUT2D eigenvalue weighted by Gasteiger charge is 2.36. The Balaban J connectivity index is 2.09. The molecule has 0 spiro atoms. The lowest BCUT2D eigenvalue weighted by Crippen LogP contribution is -2.43. The molecule has 0 saturated carbocycles. The highest BCUT2D eigenvalue weighted by Crippen LogP contribution is 2.34. The fraction of sp³-hybridized carbons (Fsp3) is 0.562. The van der Waals surface area contributed by atoms with Crippen molar-refractivity contribution in [3.8, 4) is 0 Å². The molecule has 1 aromatic rings. The fourth-order valence-corrected chi connectivity index (χ4v) is 3.33. The van der Waals surface area contributed by atoms with Gasteiger partial charge in [0.1, 0.15) is 11.6 Å². The van der Waals surface area contributed by atoms with Crippen molar-refractivity contribution in [3.63, 3.8) is 0 Å². The summed E-state index contributed by atoms with van der Waals surface area (Å²) in [5.74, 6) is 0.240. The molecule has 0 aliphatic carbocycles. The Kier molecular flexibility index (Phi) is 4.97. The van der Waals surface area contributed by atoms with E-state index in [4.69, 9.17) is 0 Å². The van der Waals surface area contributed by atoms with Gasteiger partial charge in [0, 0.05) is 16.3 Å². The number of carbonyl (C=O) groups excluding carboxylic acids is 1. The summed E-state index contributed by atoms with van der Waals surface area (Å²) in [5.41, 5.74) is 0.366. The Morgan fingerprint density at radius 2 is 2.20 bits per heavy atom. The van der Waals surface area contributed by atoms with Crippen molar-refractivity contribution in [3.05, 3.63) is 34.1 Å². The van der Waals surface area contributed by atoms with Crippen molar-refractivity contribution < 1.29 is 9.18 Å². The van der Waals surface area contributed by atoms with Crippen molar-refractivity contribution >= 4 is 21.7 Å². The van der Waals surface area contributed by atoms with Crippen molar-refractivity contribution in [2.24, 2.45) is 11.3 Å². The van der Waals surface area contributed by atoms with Gasteiger partial charge in [-0.3, -0.25) is 4.79 Å². The number of rotatable bonds is 4. The van der Waals surface area contributed by atoms with Gasteiger partial charge in [-0.1, -0.05) is 29.8 Å². The Morgan fingerprint density at radius 1 is 1.45 bits per heavy atom. The van der Waals surface area contributed by atoms with Crippen LogP contribution in [0.2, 0.25) is 0 Å². The van der Waals surface area contributed by atoms with Crippen LogP contribution in [0.4, 0.5) is 4.39 Å². The Labute approximate surface area is 128 Å². The number of benzene rings is 1. The number of ketones is 1. The van der Waals surface area contributed by atoms with Crippen LogP contribution in [-0.2, 0) is 11.2 Å². The first kappa shape index (κ1) is 15.6. The predicted octanol–water partition coefficient (Wildman–Crippen LogP) is 3.73. The molecule has 2 nitrogen and oxygen atoms in total. The van der Waals surface area contributed by atoms with E-state index in [2.05, 4.69) is 21.2 Å². The first-order valence-electron chi connectivity index (χ1n) is 7.08. The van der Waals surface area contributed by atoms with Gasteiger partial charge in [0.15, 0.2) is 0 Å². The van der Waals surface area contributed by atoms with Gasteiger partial charge in [0.05, 0.1) is 0 Å². The van der Waals surface area contributed by atoms with Crippen molar-refractivity contribution in [2.45, 2.75) is 33.1 Å². The van der Waals surface area contributed by atoms with Gasteiger partial charge in [-0.05, 0) is 55.6 Å². The molecule has 2 rings (SSSR count). The zero-order valence-electron chi connectivity index (χ0n) is 12.0. The van der Waals surface area contributed by atoms with E-state index < -0.39 is 0 Å². The number of halogens is 2. The molecule has 1 saturated heterocycles. The summed E-state index contributed by atoms with van der Waals surface area (Å²) in [5, 5.41) is 3.36. The molecule has 0 aromatic heterocycles. The van der Waals surface area contributed by atoms with Crippen molar-refractivity contribution in [2.75, 3.05) is 13.1 Å². The molecule has 110 valence electrons. The number of hydrogen-bond donors (Lipinski definition) is 1. The van der Waals surface area contributed by atoms with Crippen molar-refractivity contribution in [1.82, 2.24) is 5.32 Å². The standard InChI is InChI=1S/C16H21BrFNO/c1-16(2,12-4-3-5-19-10-12)15(20)8-11-6-13(17)9-14(18)7-11/h6-7,9,12,19H,3-5,8,10H2,1-2H3. The molecule has 0 amide bonds. The minimum atomic E-state index is -0.369. The van der Waals surface area contributed by atoms with Crippen LogP contribution in [0.1, 0.15) is 32.3 Å². The molecule has 1 fully saturated rings. The lowest BCUT2D eigenvalue weighted by atomic mass is 9.71. The van der Waals surface area contributed by atoms with Gasteiger partial charge < -0.3 is 5.32 Å². The lowest BCUT2D eigenvalue weighted by molar-refractivity contribution is -0.129. The Hall–Kier alpha value is -0.740. The van der Waals surface area contributed by atoms with E-state index in [1.165, 1.54) is 12.1 Å². The number of hydrogen-bond acceptors (Lipinski definition) is 2. The maximum absolute atomic E-state index is 13.4. The molecule has 1 aliphatic heterocycles. The summed E-state index contributed by atoms with van der Waals surface area (Å²) >= 11 is 3.27. The summed E-state index contributed by atoms with van der Waals surface area (Å²) in [6, 6.07) is 4.66. The monoisotopic (exact) mass is 341 g/mol. The lowest BCUT2D eigenvalue weighted by Gasteiger charge is -2.36. The number of nitrogens with one attached hydrogen (secondary N) is 1. The third kappa shape index (κ3) is 3.67. The maximum atomic E-state index is 13.4. The molecule has 4 heteroatoms. The smallest absolute Gasteiger partial charge is 0.143 e. The third-order valence-electron chi connectivity index (χ3n) is 4.32. The highest BCUT2D eigenvalue weighted by molar-refractivity contribution is 9.10. The zero-order valence-corrected chi connectivity index (χ0v) is 13.6. The van der Waals surface area contributed by atoms with E-state index in [0.717, 1.165) is 31.5 Å². The van der Waals surface area contributed by atoms with Gasteiger partial charge >= 0.3 is 0 Å². The molecule has 1 aromatic carbocycles. The quantitative estimate of drug-likeness (QED) is 0.904. The molecule has 1 heterocycles. The van der Waals surface area contributed by atoms with Gasteiger partial charge in [-0.2, -0.15) is 0 Å². The van der Waals surface area contributed by atoms with Crippen LogP contribution in [0.25, 0.3) is 0 Å². The summed E-state index contributed by atoms with van der Waals surface area (Å²) in [6.45, 7) is 5.96. The molecule has 0 radical (unpaired) electrons. The second-order valence-electron chi connectivity index (χ2n) is 6.14. The fourth-order valence-electron chi connectivity index (χ4n) is 2.82. The van der Waals surface area contributed by atoms with E-state index in [0.29, 0.717) is 16.8 Å². The first-order chi connectivity index (χ1) is 9.39. The largest absolute Gasteiger partial charge is 0.316 e. The van der Waals surface area contributed by atoms with Crippen LogP contribution >= 0.6 is 15.9 Å². The van der Waals surface area contributed by atoms with E-state index >= 15 is 0 Å². The average Bonchev–Trinajstić information content (AvgIpc) is 2.38. The van der Waals surface area contributed by atoms with Gasteiger partial charge in [0.2, 0.25) is 0 Å². The minimum absolute atomic E-state index is 0.184. The number of Topliss-reactive ketones (excluding diaryl/α,β-unsaturated/α-hetero) is 1. The van der Waals surface area contributed by atoms with Crippen LogP contribution in [-0.4, -0.2) is 18.9 Å². The van der Waals surface area contributed by atoms with E-state index in [-0.39, 0.29) is 17.0 Å². The summed E-state index contributed by atoms with van der Waals surface area (Å²) < 4.78 is 14.1. The number of piperidine rings is 1. The second kappa shape index (κ2) is 6.35.